The molecule has 0 unspecified atom stereocenters. The highest BCUT2D eigenvalue weighted by Gasteiger charge is 2.26. The minimum atomic E-state index is -3.55. The van der Waals surface area contributed by atoms with Crippen LogP contribution >= 0.6 is 0 Å². The second kappa shape index (κ2) is 6.88. The molecule has 19 heavy (non-hydrogen) atoms. The zero-order valence-electron chi connectivity index (χ0n) is 11.6. The highest BCUT2D eigenvalue weighted by atomic mass is 32.2. The Balaban J connectivity index is 3.04. The van der Waals surface area contributed by atoms with Crippen molar-refractivity contribution in [1.29, 1.82) is 0 Å². The molecule has 0 aliphatic carbocycles. The summed E-state index contributed by atoms with van der Waals surface area (Å²) in [6, 6.07) is 6.47. The summed E-state index contributed by atoms with van der Waals surface area (Å²) < 4.78 is 26.2. The second-order valence-electron chi connectivity index (χ2n) is 4.49. The molecule has 1 rings (SSSR count). The summed E-state index contributed by atoms with van der Waals surface area (Å²) in [6.07, 6.45) is 0. The number of benzene rings is 1. The third kappa shape index (κ3) is 3.92. The summed E-state index contributed by atoms with van der Waals surface area (Å²) in [5, 5.41) is 12.1. The Morgan fingerprint density at radius 2 is 1.84 bits per heavy atom. The molecule has 108 valence electrons. The van der Waals surface area contributed by atoms with Crippen LogP contribution in [0.15, 0.2) is 29.2 Å². The molecule has 2 N–H and O–H groups in total. The average molecular weight is 286 g/mol. The van der Waals surface area contributed by atoms with E-state index < -0.39 is 10.0 Å². The van der Waals surface area contributed by atoms with E-state index in [0.29, 0.717) is 0 Å². The van der Waals surface area contributed by atoms with Gasteiger partial charge >= 0.3 is 0 Å². The Labute approximate surface area is 115 Å². The van der Waals surface area contributed by atoms with Crippen molar-refractivity contribution in [2.45, 2.75) is 31.7 Å². The van der Waals surface area contributed by atoms with Crippen molar-refractivity contribution in [3.63, 3.8) is 0 Å². The zero-order chi connectivity index (χ0) is 14.5. The summed E-state index contributed by atoms with van der Waals surface area (Å²) in [6.45, 7) is 6.27. The average Bonchev–Trinajstić information content (AvgIpc) is 2.36. The van der Waals surface area contributed by atoms with E-state index in [1.165, 1.54) is 4.31 Å². The summed E-state index contributed by atoms with van der Waals surface area (Å²) in [5.74, 6) is 0. The number of rotatable bonds is 7. The standard InChI is InChI=1S/C13H22N2O3S/c1-4-14-12-5-7-13(8-6-12)19(17,18)15(9-10-16)11(2)3/h5-8,11,14,16H,4,9-10H2,1-3H3. The number of sulfonamides is 1. The predicted octanol–water partition coefficient (Wildman–Crippen LogP) is 1.51. The number of hydrogen-bond acceptors (Lipinski definition) is 4. The van der Waals surface area contributed by atoms with Crippen molar-refractivity contribution in [3.8, 4) is 0 Å². The molecule has 0 saturated carbocycles. The molecule has 0 heterocycles. The Morgan fingerprint density at radius 1 is 1.26 bits per heavy atom. The lowest BCUT2D eigenvalue weighted by Gasteiger charge is -2.25. The van der Waals surface area contributed by atoms with E-state index in [1.54, 1.807) is 38.1 Å². The molecular formula is C13H22N2O3S. The monoisotopic (exact) mass is 286 g/mol. The largest absolute Gasteiger partial charge is 0.395 e. The Hall–Kier alpha value is -1.11. The van der Waals surface area contributed by atoms with Gasteiger partial charge in [0.2, 0.25) is 10.0 Å². The third-order valence-electron chi connectivity index (χ3n) is 2.74. The maximum absolute atomic E-state index is 12.4. The van der Waals surface area contributed by atoms with Crippen LogP contribution in [0.3, 0.4) is 0 Å². The smallest absolute Gasteiger partial charge is 0.243 e. The van der Waals surface area contributed by atoms with Crippen LogP contribution in [0.5, 0.6) is 0 Å². The lowest BCUT2D eigenvalue weighted by atomic mass is 10.3. The third-order valence-corrected chi connectivity index (χ3v) is 4.83. The fourth-order valence-corrected chi connectivity index (χ4v) is 3.47. The molecule has 0 bridgehead atoms. The first-order valence-electron chi connectivity index (χ1n) is 6.40. The second-order valence-corrected chi connectivity index (χ2v) is 6.38. The lowest BCUT2D eigenvalue weighted by Crippen LogP contribution is -2.38. The normalized spacial score (nSPS) is 12.1. The van der Waals surface area contributed by atoms with E-state index in [4.69, 9.17) is 5.11 Å². The maximum atomic E-state index is 12.4. The summed E-state index contributed by atoms with van der Waals surface area (Å²) in [4.78, 5) is 0.247. The van der Waals surface area contributed by atoms with Gasteiger partial charge in [0.25, 0.3) is 0 Å². The molecule has 0 radical (unpaired) electrons. The minimum absolute atomic E-state index is 0.106. The molecule has 0 saturated heterocycles. The van der Waals surface area contributed by atoms with E-state index in [9.17, 15) is 8.42 Å². The first-order valence-corrected chi connectivity index (χ1v) is 7.84. The van der Waals surface area contributed by atoms with Gasteiger partial charge < -0.3 is 10.4 Å². The number of anilines is 1. The Morgan fingerprint density at radius 3 is 2.26 bits per heavy atom. The van der Waals surface area contributed by atoms with E-state index in [1.807, 2.05) is 6.92 Å². The molecule has 6 heteroatoms. The van der Waals surface area contributed by atoms with Crippen molar-refractivity contribution in [2.24, 2.45) is 0 Å². The summed E-state index contributed by atoms with van der Waals surface area (Å²) in [5.41, 5.74) is 0.889. The molecule has 0 atom stereocenters. The van der Waals surface area contributed by atoms with Crippen molar-refractivity contribution < 1.29 is 13.5 Å². The van der Waals surface area contributed by atoms with Gasteiger partial charge in [-0.1, -0.05) is 0 Å². The van der Waals surface area contributed by atoms with Crippen LogP contribution in [0.1, 0.15) is 20.8 Å². The van der Waals surface area contributed by atoms with Gasteiger partial charge in [0.05, 0.1) is 11.5 Å². The van der Waals surface area contributed by atoms with Crippen molar-refractivity contribution >= 4 is 15.7 Å². The molecule has 5 nitrogen and oxygen atoms in total. The van der Waals surface area contributed by atoms with Crippen LogP contribution in [0.25, 0.3) is 0 Å². The van der Waals surface area contributed by atoms with Gasteiger partial charge in [0.15, 0.2) is 0 Å². The maximum Gasteiger partial charge on any atom is 0.243 e. The SMILES string of the molecule is CCNc1ccc(S(=O)(=O)N(CCO)C(C)C)cc1. The van der Waals surface area contributed by atoms with E-state index in [0.717, 1.165) is 12.2 Å². The van der Waals surface area contributed by atoms with Crippen molar-refractivity contribution in [2.75, 3.05) is 25.0 Å². The van der Waals surface area contributed by atoms with Crippen molar-refractivity contribution in [1.82, 2.24) is 4.31 Å². The number of aliphatic hydroxyl groups is 1. The highest BCUT2D eigenvalue weighted by molar-refractivity contribution is 7.89. The first kappa shape index (κ1) is 15.9. The van der Waals surface area contributed by atoms with E-state index in [-0.39, 0.29) is 24.1 Å². The lowest BCUT2D eigenvalue weighted by molar-refractivity contribution is 0.236. The minimum Gasteiger partial charge on any atom is -0.395 e. The van der Waals surface area contributed by atoms with Crippen LogP contribution in [-0.4, -0.2) is 43.6 Å². The molecule has 0 aliphatic heterocycles. The van der Waals surface area contributed by atoms with Gasteiger partial charge in [0, 0.05) is 24.8 Å². The van der Waals surface area contributed by atoms with Gasteiger partial charge in [-0.15, -0.1) is 0 Å². The number of aliphatic hydroxyl groups excluding tert-OH is 1. The molecule has 0 aromatic heterocycles. The molecular weight excluding hydrogens is 264 g/mol. The van der Waals surface area contributed by atoms with Crippen molar-refractivity contribution in [3.05, 3.63) is 24.3 Å². The quantitative estimate of drug-likeness (QED) is 0.797. The van der Waals surface area contributed by atoms with Crippen LogP contribution in [0, 0.1) is 0 Å². The number of nitrogens with one attached hydrogen (secondary N) is 1. The van der Waals surface area contributed by atoms with E-state index >= 15 is 0 Å². The molecule has 0 fully saturated rings. The number of nitrogens with zero attached hydrogens (tertiary/aromatic N) is 1. The summed E-state index contributed by atoms with van der Waals surface area (Å²) in [7, 11) is -3.55. The molecule has 0 amide bonds. The molecule has 1 aromatic carbocycles. The Kier molecular flexibility index (Phi) is 5.78. The van der Waals surface area contributed by atoms with Gasteiger partial charge in [-0.3, -0.25) is 0 Å². The first-order chi connectivity index (χ1) is 8.93. The van der Waals surface area contributed by atoms with Gasteiger partial charge in [-0.25, -0.2) is 8.42 Å². The Bertz CT molecular complexity index is 483. The van der Waals surface area contributed by atoms with Crippen LogP contribution < -0.4 is 5.32 Å². The fourth-order valence-electron chi connectivity index (χ4n) is 1.84. The van der Waals surface area contributed by atoms with Crippen LogP contribution in [0.4, 0.5) is 5.69 Å². The van der Waals surface area contributed by atoms with Crippen LogP contribution in [-0.2, 0) is 10.0 Å². The predicted molar refractivity (Wildman–Crippen MR) is 76.7 cm³/mol. The van der Waals surface area contributed by atoms with E-state index in [2.05, 4.69) is 5.32 Å². The zero-order valence-corrected chi connectivity index (χ0v) is 12.4. The van der Waals surface area contributed by atoms with Gasteiger partial charge in [-0.2, -0.15) is 4.31 Å². The topological polar surface area (TPSA) is 69.6 Å². The highest BCUT2D eigenvalue weighted by Crippen LogP contribution is 2.20. The summed E-state index contributed by atoms with van der Waals surface area (Å²) >= 11 is 0. The van der Waals surface area contributed by atoms with Gasteiger partial charge in [0.1, 0.15) is 0 Å². The molecule has 1 aromatic rings. The molecule has 0 aliphatic rings. The molecule has 0 spiro atoms. The van der Waals surface area contributed by atoms with Gasteiger partial charge in [-0.05, 0) is 45.0 Å². The fraction of sp³-hybridized carbons (Fsp3) is 0.538. The number of hydrogen-bond donors (Lipinski definition) is 2. The van der Waals surface area contributed by atoms with Crippen LogP contribution in [0.2, 0.25) is 0 Å².